The Morgan fingerprint density at radius 2 is 1.75 bits per heavy atom. The summed E-state index contributed by atoms with van der Waals surface area (Å²) in [6.07, 6.45) is 0. The predicted octanol–water partition coefficient (Wildman–Crippen LogP) is 0.335. The molecule has 1 N–H and O–H groups in total. The molecule has 0 radical (unpaired) electrons. The monoisotopic (exact) mass is 241 g/mol. The number of carbonyl (C=O) groups excluding carboxylic acids is 2. The highest BCUT2D eigenvalue weighted by Gasteiger charge is 2.20. The van der Waals surface area contributed by atoms with Crippen molar-refractivity contribution in [2.45, 2.75) is 6.92 Å². The van der Waals surface area contributed by atoms with Crippen LogP contribution in [0.15, 0.2) is 30.3 Å². The van der Waals surface area contributed by atoms with Gasteiger partial charge in [0.25, 0.3) is 5.78 Å². The van der Waals surface area contributed by atoms with Gasteiger partial charge in [-0.05, 0) is 6.92 Å². The molecule has 1 aromatic carbocycles. The van der Waals surface area contributed by atoms with Crippen LogP contribution in [0.1, 0.15) is 17.3 Å². The number of Topliss-reactive ketones (excluding diaryl/α,β-unsaturated/α-hetero) is 1. The summed E-state index contributed by atoms with van der Waals surface area (Å²) in [6.45, 7) is 1.38. The Labute approximate surface area is 93.5 Å². The Morgan fingerprint density at radius 3 is 2.25 bits per heavy atom. The Hall–Kier alpha value is -1.69. The average molecular weight is 241 g/mol. The third-order valence-corrected chi connectivity index (χ3v) is 3.13. The number of rotatable bonds is 4. The van der Waals surface area contributed by atoms with Crippen molar-refractivity contribution in [2.24, 2.45) is 0 Å². The lowest BCUT2D eigenvalue weighted by molar-refractivity contribution is -0.115. The van der Waals surface area contributed by atoms with Crippen LogP contribution in [0.2, 0.25) is 0 Å². The van der Waals surface area contributed by atoms with Crippen molar-refractivity contribution in [3.05, 3.63) is 35.9 Å². The molecule has 0 aliphatic carbocycles. The van der Waals surface area contributed by atoms with Crippen molar-refractivity contribution in [3.8, 4) is 0 Å². The number of amides is 1. The van der Waals surface area contributed by atoms with Crippen LogP contribution in [-0.2, 0) is 14.8 Å². The van der Waals surface area contributed by atoms with Crippen molar-refractivity contribution in [3.63, 3.8) is 0 Å². The van der Waals surface area contributed by atoms with Gasteiger partial charge in [0.15, 0.2) is 0 Å². The van der Waals surface area contributed by atoms with Gasteiger partial charge >= 0.3 is 5.91 Å². The molecule has 0 atom stereocenters. The molecule has 16 heavy (non-hydrogen) atoms. The van der Waals surface area contributed by atoms with Crippen LogP contribution in [0, 0.1) is 0 Å². The summed E-state index contributed by atoms with van der Waals surface area (Å²) >= 11 is 0. The second-order valence-electron chi connectivity index (χ2n) is 3.03. The minimum atomic E-state index is -3.69. The van der Waals surface area contributed by atoms with Crippen LogP contribution in [0.25, 0.3) is 0 Å². The molecule has 0 unspecified atom stereocenters. The molecule has 0 bridgehead atoms. The van der Waals surface area contributed by atoms with E-state index in [-0.39, 0.29) is 11.3 Å². The van der Waals surface area contributed by atoms with E-state index in [1.807, 2.05) is 0 Å². The van der Waals surface area contributed by atoms with Crippen molar-refractivity contribution in [2.75, 3.05) is 5.75 Å². The van der Waals surface area contributed by atoms with Crippen molar-refractivity contribution < 1.29 is 18.0 Å². The molecule has 0 aliphatic rings. The summed E-state index contributed by atoms with van der Waals surface area (Å²) in [5, 5.41) is 0. The Bertz CT molecular complexity index is 493. The largest absolute Gasteiger partial charge is 0.305 e. The maximum Gasteiger partial charge on any atom is 0.305 e. The molecule has 0 heterocycles. The van der Waals surface area contributed by atoms with Gasteiger partial charge in [-0.2, -0.15) is 0 Å². The summed E-state index contributed by atoms with van der Waals surface area (Å²) in [4.78, 5) is 22.7. The Balaban J connectivity index is 2.81. The predicted molar refractivity (Wildman–Crippen MR) is 58.4 cm³/mol. The lowest BCUT2D eigenvalue weighted by Crippen LogP contribution is -2.36. The molecule has 0 saturated heterocycles. The van der Waals surface area contributed by atoms with E-state index in [2.05, 4.69) is 0 Å². The van der Waals surface area contributed by atoms with Crippen LogP contribution in [0.3, 0.4) is 0 Å². The topological polar surface area (TPSA) is 80.3 Å². The van der Waals surface area contributed by atoms with Gasteiger partial charge in [-0.1, -0.05) is 30.3 Å². The molecule has 86 valence electrons. The summed E-state index contributed by atoms with van der Waals surface area (Å²) in [5.41, 5.74) is 0.159. The lowest BCUT2D eigenvalue weighted by atomic mass is 10.1. The number of hydrogen-bond acceptors (Lipinski definition) is 4. The number of hydrogen-bond donors (Lipinski definition) is 1. The number of sulfonamides is 1. The zero-order chi connectivity index (χ0) is 12.2. The van der Waals surface area contributed by atoms with Crippen molar-refractivity contribution in [1.82, 2.24) is 4.72 Å². The maximum absolute atomic E-state index is 11.5. The minimum Gasteiger partial charge on any atom is -0.283 e. The molecule has 0 aliphatic heterocycles. The summed E-state index contributed by atoms with van der Waals surface area (Å²) in [5.74, 6) is -2.24. The van der Waals surface area contributed by atoms with Crippen molar-refractivity contribution >= 4 is 21.7 Å². The van der Waals surface area contributed by atoms with E-state index in [1.54, 1.807) is 22.9 Å². The highest BCUT2D eigenvalue weighted by molar-refractivity contribution is 7.90. The smallest absolute Gasteiger partial charge is 0.283 e. The van der Waals surface area contributed by atoms with E-state index in [1.165, 1.54) is 19.1 Å². The van der Waals surface area contributed by atoms with Gasteiger partial charge in [0.2, 0.25) is 10.0 Å². The van der Waals surface area contributed by atoms with E-state index in [9.17, 15) is 18.0 Å². The zero-order valence-corrected chi connectivity index (χ0v) is 9.45. The Morgan fingerprint density at radius 1 is 1.19 bits per heavy atom. The van der Waals surface area contributed by atoms with Crippen molar-refractivity contribution in [1.29, 1.82) is 0 Å². The molecule has 6 heteroatoms. The van der Waals surface area contributed by atoms with Crippen LogP contribution < -0.4 is 4.72 Å². The summed E-state index contributed by atoms with van der Waals surface area (Å²) < 4.78 is 23.8. The highest BCUT2D eigenvalue weighted by atomic mass is 32.2. The first-order chi connectivity index (χ1) is 7.46. The molecule has 1 aromatic rings. The molecule has 0 fully saturated rings. The first-order valence-electron chi connectivity index (χ1n) is 4.60. The highest BCUT2D eigenvalue weighted by Crippen LogP contribution is 2.00. The van der Waals surface area contributed by atoms with Gasteiger partial charge in [-0.15, -0.1) is 0 Å². The van der Waals surface area contributed by atoms with Gasteiger partial charge in [0, 0.05) is 5.56 Å². The SMILES string of the molecule is CCS(=O)(=O)NC(=O)C(=O)c1ccccc1. The number of carbonyl (C=O) groups is 2. The van der Waals surface area contributed by atoms with Crippen LogP contribution in [-0.4, -0.2) is 25.9 Å². The first kappa shape index (κ1) is 12.4. The van der Waals surface area contributed by atoms with Crippen LogP contribution >= 0.6 is 0 Å². The van der Waals surface area contributed by atoms with Gasteiger partial charge < -0.3 is 0 Å². The van der Waals surface area contributed by atoms with Gasteiger partial charge in [-0.3, -0.25) is 9.59 Å². The van der Waals surface area contributed by atoms with Crippen LogP contribution in [0.4, 0.5) is 0 Å². The minimum absolute atomic E-state index is 0.159. The normalized spacial score (nSPS) is 10.8. The molecule has 0 aromatic heterocycles. The third-order valence-electron chi connectivity index (χ3n) is 1.87. The lowest BCUT2D eigenvalue weighted by Gasteiger charge is -2.03. The fourth-order valence-corrected chi connectivity index (χ4v) is 1.50. The quantitative estimate of drug-likeness (QED) is 0.608. The molecule has 5 nitrogen and oxygen atoms in total. The molecule has 0 spiro atoms. The zero-order valence-electron chi connectivity index (χ0n) is 8.64. The first-order valence-corrected chi connectivity index (χ1v) is 6.25. The number of nitrogens with one attached hydrogen (secondary N) is 1. The molecular weight excluding hydrogens is 230 g/mol. The number of ketones is 1. The van der Waals surface area contributed by atoms with E-state index in [0.29, 0.717) is 0 Å². The summed E-state index contributed by atoms with van der Waals surface area (Å²) in [7, 11) is -3.69. The molecular formula is C10H11NO4S. The third kappa shape index (κ3) is 3.16. The second kappa shape index (κ2) is 4.89. The van der Waals surface area contributed by atoms with E-state index in [0.717, 1.165) is 0 Å². The Kier molecular flexibility index (Phi) is 3.78. The molecule has 0 saturated carbocycles. The van der Waals surface area contributed by atoms with E-state index < -0.39 is 21.7 Å². The maximum atomic E-state index is 11.5. The second-order valence-corrected chi connectivity index (χ2v) is 5.04. The summed E-state index contributed by atoms with van der Waals surface area (Å²) in [6, 6.07) is 7.77. The fourth-order valence-electron chi connectivity index (χ4n) is 0.980. The molecule has 1 amide bonds. The van der Waals surface area contributed by atoms with Crippen LogP contribution in [0.5, 0.6) is 0 Å². The molecule has 1 rings (SSSR count). The number of benzene rings is 1. The standard InChI is InChI=1S/C10H11NO4S/c1-2-16(14,15)11-10(13)9(12)8-6-4-3-5-7-8/h3-7H,2H2,1H3,(H,11,13). The van der Waals surface area contributed by atoms with E-state index >= 15 is 0 Å². The average Bonchev–Trinajstić information content (AvgIpc) is 2.28. The van der Waals surface area contributed by atoms with Gasteiger partial charge in [0.05, 0.1) is 5.75 Å². The van der Waals surface area contributed by atoms with Gasteiger partial charge in [-0.25, -0.2) is 13.1 Å². The fraction of sp³-hybridized carbons (Fsp3) is 0.200. The van der Waals surface area contributed by atoms with E-state index in [4.69, 9.17) is 0 Å². The van der Waals surface area contributed by atoms with Gasteiger partial charge in [0.1, 0.15) is 0 Å².